The molecule has 0 unspecified atom stereocenters. The van der Waals surface area contributed by atoms with Gasteiger partial charge in [-0.3, -0.25) is 0 Å². The van der Waals surface area contributed by atoms with Crippen molar-refractivity contribution in [3.8, 4) is 0 Å². The average molecular weight is 225 g/mol. The van der Waals surface area contributed by atoms with Crippen molar-refractivity contribution in [1.82, 2.24) is 4.57 Å². The molecule has 5 heteroatoms. The summed E-state index contributed by atoms with van der Waals surface area (Å²) in [5.74, 6) is -1.11. The number of carboxylic acids is 1. The molecule has 2 rings (SSSR count). The average Bonchev–Trinajstić information content (AvgIpc) is 2.56. The fraction of sp³-hybridized carbons (Fsp3) is 0.182. The lowest BCUT2D eigenvalue weighted by Crippen LogP contribution is -1.94. The van der Waals surface area contributed by atoms with Gasteiger partial charge in [0.05, 0.1) is 5.56 Å². The molecule has 0 aliphatic rings. The van der Waals surface area contributed by atoms with E-state index in [1.807, 2.05) is 0 Å². The van der Waals surface area contributed by atoms with Gasteiger partial charge in [-0.2, -0.15) is 0 Å². The lowest BCUT2D eigenvalue weighted by Gasteiger charge is -2.01. The van der Waals surface area contributed by atoms with Crippen LogP contribution in [-0.2, 0) is 7.05 Å². The fourth-order valence-corrected chi connectivity index (χ4v) is 1.72. The number of hydrogen-bond donors (Lipinski definition) is 1. The Morgan fingerprint density at radius 3 is 2.69 bits per heavy atom. The predicted octanol–water partition coefficient (Wildman–Crippen LogP) is 2.81. The van der Waals surface area contributed by atoms with Gasteiger partial charge in [-0.25, -0.2) is 13.6 Å². The number of halogens is 2. The van der Waals surface area contributed by atoms with Gasteiger partial charge >= 0.3 is 5.97 Å². The molecule has 1 aromatic carbocycles. The van der Waals surface area contributed by atoms with Crippen LogP contribution in [0.1, 0.15) is 22.3 Å². The zero-order valence-corrected chi connectivity index (χ0v) is 8.45. The lowest BCUT2D eigenvalue weighted by molar-refractivity contribution is 0.0698. The summed E-state index contributed by atoms with van der Waals surface area (Å²) in [6.45, 7) is 0. The molecule has 0 aliphatic carbocycles. The van der Waals surface area contributed by atoms with Crippen LogP contribution < -0.4 is 0 Å². The Morgan fingerprint density at radius 2 is 2.12 bits per heavy atom. The van der Waals surface area contributed by atoms with Crippen molar-refractivity contribution in [2.75, 3.05) is 0 Å². The Labute approximate surface area is 89.9 Å². The molecule has 0 bridgehead atoms. The normalized spacial score (nSPS) is 11.2. The van der Waals surface area contributed by atoms with Crippen LogP contribution in [0.2, 0.25) is 0 Å². The first-order valence-electron chi connectivity index (χ1n) is 4.61. The van der Waals surface area contributed by atoms with Crippen molar-refractivity contribution in [3.63, 3.8) is 0 Å². The Hall–Kier alpha value is -1.91. The molecule has 84 valence electrons. The zero-order chi connectivity index (χ0) is 11.9. The highest BCUT2D eigenvalue weighted by Gasteiger charge is 2.15. The second-order valence-corrected chi connectivity index (χ2v) is 3.54. The molecular weight excluding hydrogens is 216 g/mol. The molecule has 0 saturated carbocycles. The number of alkyl halides is 2. The topological polar surface area (TPSA) is 42.2 Å². The molecule has 1 aromatic heterocycles. The van der Waals surface area contributed by atoms with Crippen LogP contribution in [0.5, 0.6) is 0 Å². The minimum atomic E-state index is -2.59. The minimum Gasteiger partial charge on any atom is -0.478 e. The third kappa shape index (κ3) is 1.54. The monoisotopic (exact) mass is 225 g/mol. The highest BCUT2D eigenvalue weighted by molar-refractivity contribution is 6.03. The van der Waals surface area contributed by atoms with E-state index in [0.717, 1.165) is 0 Å². The standard InChI is InChI=1S/C11H9F2NO2/c1-14-5-8(11(15)16)7-4-6(10(12)13)2-3-9(7)14/h2-5,10H,1H3,(H,15,16). The summed E-state index contributed by atoms with van der Waals surface area (Å²) in [5.41, 5.74) is 0.503. The number of benzene rings is 1. The minimum absolute atomic E-state index is 0.0417. The number of aromatic nitrogens is 1. The number of nitrogens with zero attached hydrogens (tertiary/aromatic N) is 1. The second kappa shape index (κ2) is 3.59. The molecule has 0 spiro atoms. The summed E-state index contributed by atoms with van der Waals surface area (Å²) in [5, 5.41) is 9.27. The summed E-state index contributed by atoms with van der Waals surface area (Å²) in [6, 6.07) is 4.03. The molecule has 0 amide bonds. The Balaban J connectivity index is 2.74. The maximum atomic E-state index is 12.5. The van der Waals surface area contributed by atoms with Crippen LogP contribution in [0.15, 0.2) is 24.4 Å². The number of aromatic carboxylic acids is 1. The zero-order valence-electron chi connectivity index (χ0n) is 8.45. The smallest absolute Gasteiger partial charge is 0.337 e. The van der Waals surface area contributed by atoms with Gasteiger partial charge in [0.1, 0.15) is 0 Å². The number of carboxylic acid groups (broad SMARTS) is 1. The maximum Gasteiger partial charge on any atom is 0.337 e. The third-order valence-corrected chi connectivity index (χ3v) is 2.50. The summed E-state index contributed by atoms with van der Waals surface area (Å²) in [6.07, 6.45) is -1.17. The molecule has 0 radical (unpaired) electrons. The lowest BCUT2D eigenvalue weighted by atomic mass is 10.1. The quantitative estimate of drug-likeness (QED) is 0.853. The number of rotatable bonds is 2. The summed E-state index contributed by atoms with van der Waals surface area (Å²) in [7, 11) is 1.68. The Kier molecular flexibility index (Phi) is 2.38. The first-order valence-corrected chi connectivity index (χ1v) is 4.61. The van der Waals surface area contributed by atoms with Crippen LogP contribution in [-0.4, -0.2) is 15.6 Å². The maximum absolute atomic E-state index is 12.5. The summed E-state index contributed by atoms with van der Waals surface area (Å²) < 4.78 is 26.6. The Bertz CT molecular complexity index is 560. The SMILES string of the molecule is Cn1cc(C(=O)O)c2cc(C(F)F)ccc21. The first-order chi connectivity index (χ1) is 7.50. The van der Waals surface area contributed by atoms with E-state index in [9.17, 15) is 13.6 Å². The molecule has 3 nitrogen and oxygen atoms in total. The molecule has 0 aliphatic heterocycles. The van der Waals surface area contributed by atoms with E-state index in [2.05, 4.69) is 0 Å². The highest BCUT2D eigenvalue weighted by Crippen LogP contribution is 2.26. The molecule has 2 aromatic rings. The first kappa shape index (κ1) is 10.6. The van der Waals surface area contributed by atoms with Crippen LogP contribution in [0.3, 0.4) is 0 Å². The van der Waals surface area contributed by atoms with Crippen molar-refractivity contribution in [3.05, 3.63) is 35.5 Å². The van der Waals surface area contributed by atoms with Gasteiger partial charge in [0.2, 0.25) is 0 Å². The van der Waals surface area contributed by atoms with E-state index in [1.165, 1.54) is 24.4 Å². The van der Waals surface area contributed by atoms with Crippen molar-refractivity contribution in [2.45, 2.75) is 6.43 Å². The van der Waals surface area contributed by atoms with E-state index >= 15 is 0 Å². The van der Waals surface area contributed by atoms with Gasteiger partial charge in [-0.1, -0.05) is 6.07 Å². The number of hydrogen-bond acceptors (Lipinski definition) is 1. The summed E-state index contributed by atoms with van der Waals surface area (Å²) >= 11 is 0. The molecule has 0 saturated heterocycles. The fourth-order valence-electron chi connectivity index (χ4n) is 1.72. The Morgan fingerprint density at radius 1 is 1.44 bits per heavy atom. The van der Waals surface area contributed by atoms with E-state index < -0.39 is 12.4 Å². The summed E-state index contributed by atoms with van der Waals surface area (Å²) in [4.78, 5) is 10.9. The molecule has 16 heavy (non-hydrogen) atoms. The van der Waals surface area contributed by atoms with E-state index in [1.54, 1.807) is 11.6 Å². The molecule has 0 fully saturated rings. The van der Waals surface area contributed by atoms with E-state index in [-0.39, 0.29) is 11.1 Å². The number of aryl methyl sites for hydroxylation is 1. The number of fused-ring (bicyclic) bond motifs is 1. The van der Waals surface area contributed by atoms with Gasteiger partial charge in [-0.15, -0.1) is 0 Å². The highest BCUT2D eigenvalue weighted by atomic mass is 19.3. The van der Waals surface area contributed by atoms with Crippen LogP contribution in [0.25, 0.3) is 10.9 Å². The van der Waals surface area contributed by atoms with E-state index in [4.69, 9.17) is 5.11 Å². The predicted molar refractivity (Wildman–Crippen MR) is 54.8 cm³/mol. The van der Waals surface area contributed by atoms with Gasteiger partial charge < -0.3 is 9.67 Å². The van der Waals surface area contributed by atoms with Crippen LogP contribution >= 0.6 is 0 Å². The molecule has 0 atom stereocenters. The van der Waals surface area contributed by atoms with Gasteiger partial charge in [0.25, 0.3) is 6.43 Å². The molecule has 1 heterocycles. The largest absolute Gasteiger partial charge is 0.478 e. The molecule has 1 N–H and O–H groups in total. The van der Waals surface area contributed by atoms with Crippen molar-refractivity contribution in [2.24, 2.45) is 7.05 Å². The third-order valence-electron chi connectivity index (χ3n) is 2.50. The van der Waals surface area contributed by atoms with Crippen LogP contribution in [0.4, 0.5) is 8.78 Å². The van der Waals surface area contributed by atoms with Gasteiger partial charge in [0.15, 0.2) is 0 Å². The van der Waals surface area contributed by atoms with Crippen molar-refractivity contribution in [1.29, 1.82) is 0 Å². The molecular formula is C11H9F2NO2. The van der Waals surface area contributed by atoms with Crippen molar-refractivity contribution < 1.29 is 18.7 Å². The van der Waals surface area contributed by atoms with E-state index in [0.29, 0.717) is 10.9 Å². The van der Waals surface area contributed by atoms with Gasteiger partial charge in [0, 0.05) is 29.7 Å². The van der Waals surface area contributed by atoms with Gasteiger partial charge in [-0.05, 0) is 12.1 Å². The number of carbonyl (C=O) groups is 1. The van der Waals surface area contributed by atoms with Crippen LogP contribution in [0, 0.1) is 0 Å². The second-order valence-electron chi connectivity index (χ2n) is 3.54. The van der Waals surface area contributed by atoms with Crippen molar-refractivity contribution >= 4 is 16.9 Å².